The summed E-state index contributed by atoms with van der Waals surface area (Å²) in [6, 6.07) is 0. The van der Waals surface area contributed by atoms with Gasteiger partial charge in [-0.05, 0) is 6.92 Å². The van der Waals surface area contributed by atoms with Gasteiger partial charge in [0.05, 0.1) is 19.9 Å². The molecule has 3 aromatic heterocycles. The first-order chi connectivity index (χ1) is 12.9. The van der Waals surface area contributed by atoms with Gasteiger partial charge in [0.15, 0.2) is 11.5 Å². The second kappa shape index (κ2) is 7.70. The number of nitrogens with zero attached hydrogens (tertiary/aromatic N) is 5. The molecule has 0 N–H and O–H groups in total. The van der Waals surface area contributed by atoms with Crippen LogP contribution in [-0.2, 0) is 20.0 Å². The zero-order valence-corrected chi connectivity index (χ0v) is 16.2. The number of Topliss-reactive ketones (excluding diaryl/α,β-unsaturated/α-hetero) is 1. The lowest BCUT2D eigenvalue weighted by atomic mass is 10.1. The van der Waals surface area contributed by atoms with Crippen LogP contribution in [0.5, 0.6) is 5.75 Å². The molecule has 0 radical (unpaired) electrons. The van der Waals surface area contributed by atoms with E-state index in [-0.39, 0.29) is 23.6 Å². The SMILES string of the molecule is COc1c(C(=O)Cc2cnoc2)nc(N(C)Cc2nc(C)cs2)n(C)c1=O. The van der Waals surface area contributed by atoms with Crippen molar-refractivity contribution in [3.63, 3.8) is 0 Å². The number of ketones is 1. The van der Waals surface area contributed by atoms with E-state index in [0.717, 1.165) is 10.7 Å². The molecule has 0 saturated carbocycles. The van der Waals surface area contributed by atoms with Crippen LogP contribution in [0.2, 0.25) is 0 Å². The third-order valence-corrected chi connectivity index (χ3v) is 4.87. The lowest BCUT2D eigenvalue weighted by Gasteiger charge is -2.21. The van der Waals surface area contributed by atoms with Crippen LogP contribution < -0.4 is 15.2 Å². The maximum absolute atomic E-state index is 12.7. The number of aryl methyl sites for hydroxylation is 1. The van der Waals surface area contributed by atoms with E-state index in [9.17, 15) is 9.59 Å². The fourth-order valence-electron chi connectivity index (χ4n) is 2.62. The lowest BCUT2D eigenvalue weighted by molar-refractivity contribution is 0.0984. The zero-order chi connectivity index (χ0) is 19.6. The summed E-state index contributed by atoms with van der Waals surface area (Å²) in [4.78, 5) is 36.0. The molecule has 27 heavy (non-hydrogen) atoms. The van der Waals surface area contributed by atoms with Gasteiger partial charge < -0.3 is 14.2 Å². The van der Waals surface area contributed by atoms with E-state index in [4.69, 9.17) is 9.26 Å². The van der Waals surface area contributed by atoms with E-state index in [0.29, 0.717) is 18.1 Å². The van der Waals surface area contributed by atoms with Gasteiger partial charge in [0.25, 0.3) is 5.56 Å². The molecule has 0 unspecified atom stereocenters. The van der Waals surface area contributed by atoms with Crippen LogP contribution in [0, 0.1) is 6.92 Å². The van der Waals surface area contributed by atoms with Gasteiger partial charge in [-0.3, -0.25) is 14.2 Å². The molecule has 0 atom stereocenters. The molecule has 0 aliphatic carbocycles. The van der Waals surface area contributed by atoms with Crippen molar-refractivity contribution in [2.75, 3.05) is 19.1 Å². The van der Waals surface area contributed by atoms with Crippen LogP contribution in [0.4, 0.5) is 5.95 Å². The van der Waals surface area contributed by atoms with Crippen LogP contribution in [0.1, 0.15) is 26.8 Å². The first-order valence-corrected chi connectivity index (χ1v) is 8.97. The Morgan fingerprint density at radius 2 is 2.19 bits per heavy atom. The van der Waals surface area contributed by atoms with Crippen LogP contribution >= 0.6 is 11.3 Å². The van der Waals surface area contributed by atoms with Crippen molar-refractivity contribution in [3.05, 3.63) is 50.2 Å². The van der Waals surface area contributed by atoms with Gasteiger partial charge in [-0.15, -0.1) is 11.3 Å². The largest absolute Gasteiger partial charge is 0.489 e. The van der Waals surface area contributed by atoms with Crippen LogP contribution in [0.3, 0.4) is 0 Å². The Bertz CT molecular complexity index is 1010. The summed E-state index contributed by atoms with van der Waals surface area (Å²) < 4.78 is 11.3. The van der Waals surface area contributed by atoms with E-state index >= 15 is 0 Å². The minimum atomic E-state index is -0.432. The van der Waals surface area contributed by atoms with E-state index in [1.54, 1.807) is 19.0 Å². The molecule has 0 amide bonds. The number of aromatic nitrogens is 4. The summed E-state index contributed by atoms with van der Waals surface area (Å²) in [6.07, 6.45) is 2.83. The minimum absolute atomic E-state index is 0.00879. The van der Waals surface area contributed by atoms with Crippen molar-refractivity contribution in [1.82, 2.24) is 19.7 Å². The highest BCUT2D eigenvalue weighted by Crippen LogP contribution is 2.20. The summed E-state index contributed by atoms with van der Waals surface area (Å²) in [5, 5.41) is 6.42. The number of methoxy groups -OCH3 is 1. The molecule has 0 aliphatic rings. The Balaban J connectivity index is 1.97. The van der Waals surface area contributed by atoms with Crippen molar-refractivity contribution >= 4 is 23.1 Å². The maximum Gasteiger partial charge on any atom is 0.297 e. The number of hydrogen-bond donors (Lipinski definition) is 0. The lowest BCUT2D eigenvalue weighted by Crippen LogP contribution is -2.31. The van der Waals surface area contributed by atoms with Crippen molar-refractivity contribution < 1.29 is 14.1 Å². The van der Waals surface area contributed by atoms with Gasteiger partial charge in [0, 0.05) is 37.2 Å². The highest BCUT2D eigenvalue weighted by Gasteiger charge is 2.23. The quantitative estimate of drug-likeness (QED) is 0.562. The van der Waals surface area contributed by atoms with Crippen molar-refractivity contribution in [2.24, 2.45) is 7.05 Å². The minimum Gasteiger partial charge on any atom is -0.489 e. The molecule has 3 heterocycles. The van der Waals surface area contributed by atoms with E-state index in [2.05, 4.69) is 15.1 Å². The van der Waals surface area contributed by atoms with E-state index in [1.807, 2.05) is 12.3 Å². The average molecular weight is 389 g/mol. The number of anilines is 1. The maximum atomic E-state index is 12.7. The normalized spacial score (nSPS) is 10.8. The van der Waals surface area contributed by atoms with Gasteiger partial charge in [-0.25, -0.2) is 9.97 Å². The highest BCUT2D eigenvalue weighted by molar-refractivity contribution is 7.09. The van der Waals surface area contributed by atoms with Crippen LogP contribution in [-0.4, -0.2) is 39.6 Å². The van der Waals surface area contributed by atoms with Gasteiger partial charge in [-0.2, -0.15) is 0 Å². The number of ether oxygens (including phenoxy) is 1. The Morgan fingerprint density at radius 3 is 2.78 bits per heavy atom. The van der Waals surface area contributed by atoms with Crippen LogP contribution in [0.25, 0.3) is 0 Å². The molecule has 0 saturated heterocycles. The summed E-state index contributed by atoms with van der Waals surface area (Å²) >= 11 is 1.53. The average Bonchev–Trinajstić information content (AvgIpc) is 3.28. The van der Waals surface area contributed by atoms with Gasteiger partial charge in [-0.1, -0.05) is 5.16 Å². The number of carbonyl (C=O) groups excluding carboxylic acids is 1. The van der Waals surface area contributed by atoms with Gasteiger partial charge >= 0.3 is 0 Å². The Labute approximate surface area is 159 Å². The summed E-state index contributed by atoms with van der Waals surface area (Å²) in [6.45, 7) is 2.38. The smallest absolute Gasteiger partial charge is 0.297 e. The van der Waals surface area contributed by atoms with E-state index < -0.39 is 5.56 Å². The monoisotopic (exact) mass is 389 g/mol. The van der Waals surface area contributed by atoms with E-state index in [1.165, 1.54) is 35.5 Å². The topological polar surface area (TPSA) is 103 Å². The highest BCUT2D eigenvalue weighted by atomic mass is 32.1. The fraction of sp³-hybridized carbons (Fsp3) is 0.353. The first kappa shape index (κ1) is 18.8. The molecule has 10 heteroatoms. The number of thiazole rings is 1. The molecule has 0 fully saturated rings. The Morgan fingerprint density at radius 1 is 1.41 bits per heavy atom. The standard InChI is InChI=1S/C17H19N5O4S/c1-10-9-27-13(19-10)7-21(2)17-20-14(15(25-4)16(24)22(17)3)12(23)5-11-6-18-26-8-11/h6,8-9H,5,7H2,1-4H3. The summed E-state index contributed by atoms with van der Waals surface area (Å²) in [7, 11) is 4.72. The van der Waals surface area contributed by atoms with Gasteiger partial charge in [0.2, 0.25) is 11.7 Å². The molecule has 9 nitrogen and oxygen atoms in total. The summed E-state index contributed by atoms with van der Waals surface area (Å²) in [5.74, 6) is -0.0870. The summed E-state index contributed by atoms with van der Waals surface area (Å²) in [5.41, 5.74) is 1.08. The van der Waals surface area contributed by atoms with Gasteiger partial charge in [0.1, 0.15) is 11.3 Å². The second-order valence-corrected chi connectivity index (χ2v) is 6.97. The number of rotatable bonds is 7. The molecular weight excluding hydrogens is 370 g/mol. The molecule has 142 valence electrons. The molecule has 0 aromatic carbocycles. The molecule has 3 aromatic rings. The molecule has 0 spiro atoms. The predicted octanol–water partition coefficient (Wildman–Crippen LogP) is 1.60. The third kappa shape index (κ3) is 3.90. The molecule has 0 bridgehead atoms. The third-order valence-electron chi connectivity index (χ3n) is 3.92. The molecule has 3 rings (SSSR count). The molecular formula is C17H19N5O4S. The first-order valence-electron chi connectivity index (χ1n) is 8.09. The Hall–Kier alpha value is -3.01. The second-order valence-electron chi connectivity index (χ2n) is 6.03. The van der Waals surface area contributed by atoms with Crippen molar-refractivity contribution in [2.45, 2.75) is 19.9 Å². The Kier molecular flexibility index (Phi) is 5.36. The predicted molar refractivity (Wildman–Crippen MR) is 99.5 cm³/mol. The van der Waals surface area contributed by atoms with Crippen molar-refractivity contribution in [3.8, 4) is 5.75 Å². The molecule has 0 aliphatic heterocycles. The zero-order valence-electron chi connectivity index (χ0n) is 15.4. The van der Waals surface area contributed by atoms with Crippen LogP contribution in [0.15, 0.2) is 27.2 Å². The number of carbonyl (C=O) groups is 1. The van der Waals surface area contributed by atoms with Crippen molar-refractivity contribution in [1.29, 1.82) is 0 Å². The fourth-order valence-corrected chi connectivity index (χ4v) is 3.44. The number of hydrogen-bond acceptors (Lipinski definition) is 9.